The van der Waals surface area contributed by atoms with Crippen molar-refractivity contribution in [1.29, 1.82) is 0 Å². The molecule has 31 valence electrons. The summed E-state index contributed by atoms with van der Waals surface area (Å²) in [4.78, 5) is 0. The summed E-state index contributed by atoms with van der Waals surface area (Å²) in [6.07, 6.45) is 0. The summed E-state index contributed by atoms with van der Waals surface area (Å²) in [5, 5.41) is 0. The minimum absolute atomic E-state index is 1.31. The predicted octanol–water partition coefficient (Wildman–Crippen LogP) is 1.42. The maximum Gasteiger partial charge on any atom is 0.178 e. The Morgan fingerprint density at radius 1 is 1.60 bits per heavy atom. The maximum absolute atomic E-state index is 6.47. The zero-order chi connectivity index (χ0) is 4.50. The molecular formula is C2H4Cl2N. The molecule has 0 spiro atoms. The van der Waals surface area contributed by atoms with Gasteiger partial charge in [0, 0.05) is 0 Å². The van der Waals surface area contributed by atoms with E-state index in [0.29, 0.717) is 0 Å². The summed E-state index contributed by atoms with van der Waals surface area (Å²) in [5.74, 6) is 0. The van der Waals surface area contributed by atoms with Gasteiger partial charge in [0.1, 0.15) is 0 Å². The highest BCUT2D eigenvalue weighted by atomic mass is 35.5. The van der Waals surface area contributed by atoms with Gasteiger partial charge in [-0.15, -0.1) is 0 Å². The van der Waals surface area contributed by atoms with Crippen molar-refractivity contribution in [2.45, 2.75) is 11.4 Å². The lowest BCUT2D eigenvalue weighted by Crippen LogP contribution is -2.04. The number of alkyl halides is 2. The summed E-state index contributed by atoms with van der Waals surface area (Å²) in [7, 11) is 0. The first-order valence-electron chi connectivity index (χ1n) is 1.13. The van der Waals surface area contributed by atoms with E-state index in [4.69, 9.17) is 28.9 Å². The molecule has 0 rings (SSSR count). The van der Waals surface area contributed by atoms with Gasteiger partial charge in [-0.05, 0) is 6.92 Å². The van der Waals surface area contributed by atoms with Gasteiger partial charge in [0.25, 0.3) is 0 Å². The lowest BCUT2D eigenvalue weighted by molar-refractivity contribution is 0.898. The van der Waals surface area contributed by atoms with E-state index >= 15 is 0 Å². The lowest BCUT2D eigenvalue weighted by atomic mass is 10.8. The largest absolute Gasteiger partial charge is 0.222 e. The van der Waals surface area contributed by atoms with Crippen LogP contribution in [0.3, 0.4) is 0 Å². The average Bonchev–Trinajstić information content (AvgIpc) is 0.722. The van der Waals surface area contributed by atoms with Gasteiger partial charge in [-0.1, -0.05) is 23.2 Å². The van der Waals surface area contributed by atoms with Crippen LogP contribution < -0.4 is 5.73 Å². The van der Waals surface area contributed by atoms with E-state index in [2.05, 4.69) is 0 Å². The first kappa shape index (κ1) is 5.54. The molecule has 0 unspecified atom stereocenters. The Bertz CT molecular complexity index is 23.1. The molecule has 0 aromatic rings. The van der Waals surface area contributed by atoms with Gasteiger partial charge in [-0.25, -0.2) is 5.73 Å². The molecule has 0 saturated carbocycles. The van der Waals surface area contributed by atoms with Crippen molar-refractivity contribution in [2.75, 3.05) is 0 Å². The minimum Gasteiger partial charge on any atom is -0.222 e. The molecule has 0 aliphatic heterocycles. The molecule has 5 heavy (non-hydrogen) atoms. The Morgan fingerprint density at radius 2 is 1.60 bits per heavy atom. The van der Waals surface area contributed by atoms with Crippen LogP contribution in [-0.2, 0) is 0 Å². The van der Waals surface area contributed by atoms with Gasteiger partial charge < -0.3 is 0 Å². The van der Waals surface area contributed by atoms with Crippen molar-refractivity contribution in [3.05, 3.63) is 0 Å². The summed E-state index contributed by atoms with van der Waals surface area (Å²) in [5.41, 5.74) is 6.47. The van der Waals surface area contributed by atoms with Crippen molar-refractivity contribution < 1.29 is 0 Å². The Balaban J connectivity index is 3.02. The Morgan fingerprint density at radius 3 is 1.60 bits per heavy atom. The van der Waals surface area contributed by atoms with Crippen LogP contribution in [0, 0.1) is 0 Å². The molecule has 3 heteroatoms. The molecule has 0 aromatic carbocycles. The van der Waals surface area contributed by atoms with Crippen LogP contribution in [-0.4, -0.2) is 4.46 Å². The van der Waals surface area contributed by atoms with Crippen LogP contribution in [0.5, 0.6) is 0 Å². The van der Waals surface area contributed by atoms with Crippen LogP contribution in [0.15, 0.2) is 0 Å². The molecule has 1 radical (unpaired) electrons. The van der Waals surface area contributed by atoms with Crippen molar-refractivity contribution in [2.24, 2.45) is 0 Å². The second-order valence-electron chi connectivity index (χ2n) is 0.888. The summed E-state index contributed by atoms with van der Waals surface area (Å²) >= 11 is 9.92. The summed E-state index contributed by atoms with van der Waals surface area (Å²) in [6, 6.07) is 0. The van der Waals surface area contributed by atoms with Gasteiger partial charge >= 0.3 is 0 Å². The molecule has 0 aliphatic rings. The standard InChI is InChI=1S/C2H4Cl2N/c1-2(3,4)5/h5H,1H3. The quantitative estimate of drug-likeness (QED) is 0.335. The van der Waals surface area contributed by atoms with E-state index in [0.717, 1.165) is 0 Å². The fraction of sp³-hybridized carbons (Fsp3) is 1.00. The third-order valence-electron chi connectivity index (χ3n) is 0. The van der Waals surface area contributed by atoms with Crippen LogP contribution in [0.2, 0.25) is 0 Å². The first-order valence-corrected chi connectivity index (χ1v) is 1.88. The van der Waals surface area contributed by atoms with Gasteiger partial charge in [0.2, 0.25) is 0 Å². The molecule has 0 aromatic heterocycles. The Hall–Kier alpha value is 0.540. The Labute approximate surface area is 41.1 Å². The molecular weight excluding hydrogens is 109 g/mol. The smallest absolute Gasteiger partial charge is 0.178 e. The van der Waals surface area contributed by atoms with Gasteiger partial charge in [-0.2, -0.15) is 0 Å². The lowest BCUT2D eigenvalue weighted by Gasteiger charge is -1.97. The number of nitrogens with one attached hydrogen (secondary N) is 1. The van der Waals surface area contributed by atoms with Gasteiger partial charge in [0.15, 0.2) is 4.46 Å². The predicted molar refractivity (Wildman–Crippen MR) is 23.2 cm³/mol. The molecule has 0 atom stereocenters. The van der Waals surface area contributed by atoms with E-state index in [9.17, 15) is 0 Å². The average molecular weight is 113 g/mol. The zero-order valence-electron chi connectivity index (χ0n) is 2.76. The number of hydrogen-bond acceptors (Lipinski definition) is 0. The third-order valence-corrected chi connectivity index (χ3v) is 0. The Kier molecular flexibility index (Phi) is 1.47. The van der Waals surface area contributed by atoms with Crippen LogP contribution in [0.1, 0.15) is 6.92 Å². The van der Waals surface area contributed by atoms with Crippen LogP contribution in [0.25, 0.3) is 0 Å². The number of hydrogen-bond donors (Lipinski definition) is 0. The SMILES string of the molecule is CC([NH])(Cl)Cl. The monoisotopic (exact) mass is 112 g/mol. The van der Waals surface area contributed by atoms with Crippen molar-refractivity contribution in [3.63, 3.8) is 0 Å². The van der Waals surface area contributed by atoms with E-state index in [1.54, 1.807) is 0 Å². The second-order valence-corrected chi connectivity index (χ2v) is 2.59. The van der Waals surface area contributed by atoms with E-state index in [-0.39, 0.29) is 0 Å². The van der Waals surface area contributed by atoms with Crippen molar-refractivity contribution >= 4 is 23.2 Å². The minimum atomic E-state index is -1.31. The fourth-order valence-corrected chi connectivity index (χ4v) is 0. The molecule has 1 nitrogen and oxygen atoms in total. The zero-order valence-corrected chi connectivity index (χ0v) is 4.27. The highest BCUT2D eigenvalue weighted by Crippen LogP contribution is 2.11. The second kappa shape index (κ2) is 1.33. The first-order chi connectivity index (χ1) is 2.00. The van der Waals surface area contributed by atoms with Crippen LogP contribution in [0.4, 0.5) is 0 Å². The molecule has 0 fully saturated rings. The highest BCUT2D eigenvalue weighted by Gasteiger charge is 2.05. The topological polar surface area (TPSA) is 23.8 Å². The van der Waals surface area contributed by atoms with Crippen molar-refractivity contribution in [3.8, 4) is 0 Å². The summed E-state index contributed by atoms with van der Waals surface area (Å²) in [6.45, 7) is 1.39. The highest BCUT2D eigenvalue weighted by molar-refractivity contribution is 6.47. The molecule has 0 aliphatic carbocycles. The third kappa shape index (κ3) is 100. The van der Waals surface area contributed by atoms with Gasteiger partial charge in [0.05, 0.1) is 0 Å². The maximum atomic E-state index is 6.47. The van der Waals surface area contributed by atoms with E-state index in [1.165, 1.54) is 6.92 Å². The molecule has 1 N–H and O–H groups in total. The fourth-order valence-electron chi connectivity index (χ4n) is 0. The summed E-state index contributed by atoms with van der Waals surface area (Å²) < 4.78 is -1.31. The van der Waals surface area contributed by atoms with Gasteiger partial charge in [-0.3, -0.25) is 0 Å². The van der Waals surface area contributed by atoms with E-state index in [1.807, 2.05) is 0 Å². The molecule has 0 heterocycles. The van der Waals surface area contributed by atoms with E-state index < -0.39 is 4.46 Å². The normalized spacial score (nSPS) is 12.0. The van der Waals surface area contributed by atoms with Crippen LogP contribution >= 0.6 is 23.2 Å². The molecule has 0 saturated heterocycles. The molecule has 0 amide bonds. The number of rotatable bonds is 0. The molecule has 0 bridgehead atoms. The number of halogens is 2. The van der Waals surface area contributed by atoms with Crippen molar-refractivity contribution in [1.82, 2.24) is 5.73 Å².